The number of thiophene rings is 1. The molecule has 9 heteroatoms. The Labute approximate surface area is 171 Å². The normalized spacial score (nSPS) is 11.9. The number of amides is 1. The van der Waals surface area contributed by atoms with Gasteiger partial charge in [-0.1, -0.05) is 11.2 Å². The van der Waals surface area contributed by atoms with Gasteiger partial charge in [-0.3, -0.25) is 9.48 Å². The summed E-state index contributed by atoms with van der Waals surface area (Å²) in [5.41, 5.74) is 2.76. The standard InChI is InChI=1S/C20H19N5O3S/c1-25-11-15(17-5-8-22-28-17)18(24-25)19(26)23-16(10-13-6-9-29-12-13)14-4-3-7-21-20(14)27-2/h3-9,11-12,16H,10H2,1-2H3,(H,23,26)/t16-/m1/s1. The van der Waals surface area contributed by atoms with Crippen LogP contribution in [0.5, 0.6) is 5.88 Å². The minimum Gasteiger partial charge on any atom is -0.481 e. The number of hydrogen-bond donors (Lipinski definition) is 1. The maximum absolute atomic E-state index is 13.2. The molecule has 0 unspecified atom stereocenters. The molecule has 1 amide bonds. The number of nitrogens with zero attached hydrogens (tertiary/aromatic N) is 4. The number of hydrogen-bond acceptors (Lipinski definition) is 7. The third kappa shape index (κ3) is 4.04. The average Bonchev–Trinajstić information content (AvgIpc) is 3.49. The molecule has 0 bridgehead atoms. The second-order valence-electron chi connectivity index (χ2n) is 6.41. The maximum atomic E-state index is 13.2. The van der Waals surface area contributed by atoms with Crippen LogP contribution < -0.4 is 10.1 Å². The van der Waals surface area contributed by atoms with Crippen LogP contribution in [0.25, 0.3) is 11.3 Å². The van der Waals surface area contributed by atoms with Crippen molar-refractivity contribution in [2.75, 3.05) is 7.11 Å². The molecular formula is C20H19N5O3S. The third-order valence-electron chi connectivity index (χ3n) is 4.44. The SMILES string of the molecule is COc1ncccc1[C@@H](Cc1ccsc1)NC(=O)c1nn(C)cc1-c1ccno1. The number of ether oxygens (including phenoxy) is 1. The highest BCUT2D eigenvalue weighted by molar-refractivity contribution is 7.07. The van der Waals surface area contributed by atoms with Gasteiger partial charge in [0.25, 0.3) is 5.91 Å². The van der Waals surface area contributed by atoms with Crippen molar-refractivity contribution in [3.05, 3.63) is 70.4 Å². The van der Waals surface area contributed by atoms with Crippen LogP contribution in [-0.2, 0) is 13.5 Å². The minimum atomic E-state index is -0.342. The molecule has 0 aliphatic carbocycles. The molecule has 0 saturated heterocycles. The number of carbonyl (C=O) groups excluding carboxylic acids is 1. The molecule has 0 fully saturated rings. The Morgan fingerprint density at radius 2 is 2.24 bits per heavy atom. The Morgan fingerprint density at radius 3 is 2.97 bits per heavy atom. The van der Waals surface area contributed by atoms with E-state index in [9.17, 15) is 4.79 Å². The largest absolute Gasteiger partial charge is 0.481 e. The van der Waals surface area contributed by atoms with E-state index in [1.54, 1.807) is 48.6 Å². The van der Waals surface area contributed by atoms with Crippen molar-refractivity contribution in [1.29, 1.82) is 0 Å². The van der Waals surface area contributed by atoms with E-state index < -0.39 is 0 Å². The highest BCUT2D eigenvalue weighted by atomic mass is 32.1. The minimum absolute atomic E-state index is 0.266. The molecule has 1 N–H and O–H groups in total. The first-order valence-corrected chi connectivity index (χ1v) is 9.85. The number of pyridine rings is 1. The fourth-order valence-corrected chi connectivity index (χ4v) is 3.82. The summed E-state index contributed by atoms with van der Waals surface area (Å²) in [5.74, 6) is 0.643. The van der Waals surface area contributed by atoms with Gasteiger partial charge in [0.15, 0.2) is 11.5 Å². The van der Waals surface area contributed by atoms with Gasteiger partial charge in [-0.15, -0.1) is 0 Å². The lowest BCUT2D eigenvalue weighted by atomic mass is 10.0. The van der Waals surface area contributed by atoms with Gasteiger partial charge >= 0.3 is 0 Å². The third-order valence-corrected chi connectivity index (χ3v) is 5.17. The molecule has 0 saturated carbocycles. The van der Waals surface area contributed by atoms with Gasteiger partial charge < -0.3 is 14.6 Å². The summed E-state index contributed by atoms with van der Waals surface area (Å²) in [6.45, 7) is 0. The number of rotatable bonds is 7. The lowest BCUT2D eigenvalue weighted by molar-refractivity contribution is 0.0930. The summed E-state index contributed by atoms with van der Waals surface area (Å²) in [4.78, 5) is 17.5. The summed E-state index contributed by atoms with van der Waals surface area (Å²) in [6.07, 6.45) is 5.52. The van der Waals surface area contributed by atoms with Crippen LogP contribution >= 0.6 is 11.3 Å². The molecule has 0 radical (unpaired) electrons. The zero-order valence-electron chi connectivity index (χ0n) is 15.9. The van der Waals surface area contributed by atoms with Gasteiger partial charge in [-0.25, -0.2) is 4.98 Å². The molecule has 4 heterocycles. The van der Waals surface area contributed by atoms with E-state index in [2.05, 4.69) is 25.9 Å². The summed E-state index contributed by atoms with van der Waals surface area (Å²) in [6, 6.07) is 7.11. The van der Waals surface area contributed by atoms with E-state index in [1.165, 1.54) is 6.20 Å². The number of nitrogens with one attached hydrogen (secondary N) is 1. The Hall–Kier alpha value is -3.46. The molecule has 4 aromatic heterocycles. The molecular weight excluding hydrogens is 390 g/mol. The molecule has 0 aliphatic heterocycles. The first kappa shape index (κ1) is 18.9. The van der Waals surface area contributed by atoms with Crippen LogP contribution in [0.4, 0.5) is 0 Å². The van der Waals surface area contributed by atoms with Crippen molar-refractivity contribution in [3.63, 3.8) is 0 Å². The molecule has 0 aliphatic rings. The predicted octanol–water partition coefficient (Wildman–Crippen LogP) is 3.25. The van der Waals surface area contributed by atoms with E-state index in [-0.39, 0.29) is 17.6 Å². The molecule has 4 rings (SSSR count). The van der Waals surface area contributed by atoms with Crippen LogP contribution in [0, 0.1) is 0 Å². The Morgan fingerprint density at radius 1 is 1.34 bits per heavy atom. The van der Waals surface area contributed by atoms with Crippen molar-refractivity contribution in [3.8, 4) is 17.2 Å². The molecule has 1 atom stereocenters. The molecule has 8 nitrogen and oxygen atoms in total. The van der Waals surface area contributed by atoms with Crippen LogP contribution in [0.3, 0.4) is 0 Å². The Kier molecular flexibility index (Phi) is 5.39. The molecule has 0 spiro atoms. The van der Waals surface area contributed by atoms with Gasteiger partial charge in [0.1, 0.15) is 0 Å². The van der Waals surface area contributed by atoms with Crippen LogP contribution in [0.1, 0.15) is 27.7 Å². The van der Waals surface area contributed by atoms with Crippen LogP contribution in [-0.4, -0.2) is 32.9 Å². The fourth-order valence-electron chi connectivity index (χ4n) is 3.14. The maximum Gasteiger partial charge on any atom is 0.273 e. The summed E-state index contributed by atoms with van der Waals surface area (Å²) in [5, 5.41) is 15.2. The molecule has 148 valence electrons. The highest BCUT2D eigenvalue weighted by Gasteiger charge is 2.25. The van der Waals surface area contributed by atoms with Gasteiger partial charge in [0.05, 0.1) is 24.9 Å². The van der Waals surface area contributed by atoms with E-state index in [0.29, 0.717) is 23.6 Å². The van der Waals surface area contributed by atoms with Crippen molar-refractivity contribution in [2.45, 2.75) is 12.5 Å². The van der Waals surface area contributed by atoms with Crippen molar-refractivity contribution in [2.24, 2.45) is 7.05 Å². The predicted molar refractivity (Wildman–Crippen MR) is 108 cm³/mol. The quantitative estimate of drug-likeness (QED) is 0.503. The monoisotopic (exact) mass is 409 g/mol. The smallest absolute Gasteiger partial charge is 0.273 e. The fraction of sp³-hybridized carbons (Fsp3) is 0.200. The van der Waals surface area contributed by atoms with Crippen LogP contribution in [0.2, 0.25) is 0 Å². The summed E-state index contributed by atoms with van der Waals surface area (Å²) in [7, 11) is 3.32. The number of carbonyl (C=O) groups is 1. The van der Waals surface area contributed by atoms with Gasteiger partial charge in [0.2, 0.25) is 5.88 Å². The van der Waals surface area contributed by atoms with Crippen molar-refractivity contribution >= 4 is 17.2 Å². The number of aromatic nitrogens is 4. The second-order valence-corrected chi connectivity index (χ2v) is 7.19. The molecule has 4 aromatic rings. The first-order valence-electron chi connectivity index (χ1n) is 8.91. The zero-order valence-corrected chi connectivity index (χ0v) is 16.7. The van der Waals surface area contributed by atoms with E-state index in [4.69, 9.17) is 9.26 Å². The van der Waals surface area contributed by atoms with E-state index >= 15 is 0 Å². The first-order chi connectivity index (χ1) is 14.2. The van der Waals surface area contributed by atoms with Crippen molar-refractivity contribution < 1.29 is 14.1 Å². The van der Waals surface area contributed by atoms with Gasteiger partial charge in [0, 0.05) is 31.1 Å². The van der Waals surface area contributed by atoms with Crippen LogP contribution in [0.15, 0.2) is 58.1 Å². The Bertz CT molecular complexity index is 1090. The van der Waals surface area contributed by atoms with Gasteiger partial charge in [-0.2, -0.15) is 16.4 Å². The van der Waals surface area contributed by atoms with E-state index in [0.717, 1.165) is 11.1 Å². The Balaban J connectivity index is 1.67. The topological polar surface area (TPSA) is 95.1 Å². The van der Waals surface area contributed by atoms with E-state index in [1.807, 2.05) is 23.6 Å². The lowest BCUT2D eigenvalue weighted by Crippen LogP contribution is -2.31. The molecule has 0 aromatic carbocycles. The summed E-state index contributed by atoms with van der Waals surface area (Å²) >= 11 is 1.61. The van der Waals surface area contributed by atoms with Gasteiger partial charge in [-0.05, 0) is 34.9 Å². The second kappa shape index (κ2) is 8.27. The zero-order chi connectivity index (χ0) is 20.2. The lowest BCUT2D eigenvalue weighted by Gasteiger charge is -2.20. The number of methoxy groups -OCH3 is 1. The average molecular weight is 409 g/mol. The molecule has 29 heavy (non-hydrogen) atoms. The highest BCUT2D eigenvalue weighted by Crippen LogP contribution is 2.28. The summed E-state index contributed by atoms with van der Waals surface area (Å²) < 4.78 is 12.2. The number of aryl methyl sites for hydroxylation is 1. The van der Waals surface area contributed by atoms with Crippen molar-refractivity contribution in [1.82, 2.24) is 25.2 Å².